The lowest BCUT2D eigenvalue weighted by atomic mass is 10.2. The van der Waals surface area contributed by atoms with Crippen molar-refractivity contribution >= 4 is 17.9 Å². The van der Waals surface area contributed by atoms with Gasteiger partial charge in [-0.15, -0.1) is 0 Å². The predicted octanol–water partition coefficient (Wildman–Crippen LogP) is 0.560. The maximum absolute atomic E-state index is 11.8. The van der Waals surface area contributed by atoms with Gasteiger partial charge in [-0.1, -0.05) is 6.92 Å². The highest BCUT2D eigenvalue weighted by Crippen LogP contribution is 2.11. The molecule has 0 aromatic carbocycles. The van der Waals surface area contributed by atoms with E-state index in [0.717, 1.165) is 0 Å². The molecule has 10 heteroatoms. The van der Waals surface area contributed by atoms with E-state index in [1.54, 1.807) is 12.2 Å². The van der Waals surface area contributed by atoms with Crippen molar-refractivity contribution < 1.29 is 32.7 Å². The van der Waals surface area contributed by atoms with Crippen molar-refractivity contribution in [2.45, 2.75) is 32.0 Å². The summed E-state index contributed by atoms with van der Waals surface area (Å²) in [6, 6.07) is -2.01. The fourth-order valence-corrected chi connectivity index (χ4v) is 1.52. The van der Waals surface area contributed by atoms with E-state index in [4.69, 9.17) is 5.11 Å². The number of halogens is 3. The van der Waals surface area contributed by atoms with Crippen LogP contribution in [0.25, 0.3) is 0 Å². The van der Waals surface area contributed by atoms with Gasteiger partial charge < -0.3 is 10.4 Å². The summed E-state index contributed by atoms with van der Waals surface area (Å²) < 4.78 is 35.5. The lowest BCUT2D eigenvalue weighted by Gasteiger charge is -2.22. The van der Waals surface area contributed by atoms with Crippen molar-refractivity contribution in [2.24, 2.45) is 0 Å². The Labute approximate surface area is 119 Å². The molecule has 0 aliphatic rings. The van der Waals surface area contributed by atoms with Gasteiger partial charge in [0.15, 0.2) is 0 Å². The van der Waals surface area contributed by atoms with Crippen molar-refractivity contribution in [2.75, 3.05) is 20.1 Å². The van der Waals surface area contributed by atoms with Crippen LogP contribution in [-0.4, -0.2) is 60.3 Å². The van der Waals surface area contributed by atoms with Crippen molar-refractivity contribution in [1.29, 1.82) is 0 Å². The Balaban J connectivity index is 4.10. The van der Waals surface area contributed by atoms with E-state index in [1.165, 1.54) is 17.3 Å². The second kappa shape index (κ2) is 8.45. The first kappa shape index (κ1) is 19.2. The second-order valence-electron chi connectivity index (χ2n) is 4.34. The van der Waals surface area contributed by atoms with Crippen LogP contribution in [0.5, 0.6) is 0 Å². The molecule has 0 rings (SSSR count). The smallest absolute Gasteiger partial charge is 0.405 e. The summed E-state index contributed by atoms with van der Waals surface area (Å²) in [7, 11) is 1.50. The molecule has 0 radical (unpaired) electrons. The minimum Gasteiger partial charge on any atom is -0.480 e. The number of carboxylic acid groups (broad SMARTS) is 1. The lowest BCUT2D eigenvalue weighted by Crippen LogP contribution is -2.45. The fourth-order valence-electron chi connectivity index (χ4n) is 1.52. The van der Waals surface area contributed by atoms with E-state index >= 15 is 0 Å². The number of aliphatic carboxylic acids is 1. The third-order valence-electron chi connectivity index (χ3n) is 2.60. The molecule has 3 amide bonds. The van der Waals surface area contributed by atoms with E-state index < -0.39 is 36.7 Å². The molecule has 0 spiro atoms. The number of likely N-dealkylation sites (N-methyl/N-ethyl adjacent to an activating group) is 1. The van der Waals surface area contributed by atoms with Crippen LogP contribution >= 0.6 is 0 Å². The molecule has 0 aliphatic carbocycles. The molecular weight excluding hydrogens is 295 g/mol. The Morgan fingerprint density at radius 2 is 1.86 bits per heavy atom. The summed E-state index contributed by atoms with van der Waals surface area (Å²) in [5.74, 6) is -1.83. The highest BCUT2D eigenvalue weighted by atomic mass is 19.4. The van der Waals surface area contributed by atoms with Crippen LogP contribution < -0.4 is 10.6 Å². The van der Waals surface area contributed by atoms with Crippen LogP contribution in [-0.2, 0) is 9.59 Å². The molecule has 3 N–H and O–H groups in total. The maximum atomic E-state index is 11.8. The number of imide groups is 1. The van der Waals surface area contributed by atoms with Crippen LogP contribution in [0.15, 0.2) is 0 Å². The van der Waals surface area contributed by atoms with Gasteiger partial charge in [0, 0.05) is 13.0 Å². The second-order valence-corrected chi connectivity index (χ2v) is 4.34. The first-order chi connectivity index (χ1) is 9.56. The first-order valence-corrected chi connectivity index (χ1v) is 6.14. The molecule has 1 atom stereocenters. The van der Waals surface area contributed by atoms with Gasteiger partial charge in [-0.05, 0) is 13.5 Å². The van der Waals surface area contributed by atoms with Gasteiger partial charge >= 0.3 is 18.2 Å². The molecular formula is C11H18F3N3O4. The minimum atomic E-state index is -4.56. The van der Waals surface area contributed by atoms with E-state index in [0.29, 0.717) is 6.42 Å². The molecule has 7 nitrogen and oxygen atoms in total. The number of urea groups is 1. The SMILES string of the molecule is CCC(C(=O)O)N(C)CCC(=O)NC(=O)NCC(F)(F)F. The molecule has 0 saturated heterocycles. The standard InChI is InChI=1S/C11H18F3N3O4/c1-3-7(9(19)20)17(2)5-4-8(18)16-10(21)15-6-11(12,13)14/h7H,3-6H2,1-2H3,(H,19,20)(H2,15,16,18,21). The summed E-state index contributed by atoms with van der Waals surface area (Å²) in [5, 5.41) is 12.1. The van der Waals surface area contributed by atoms with Crippen molar-refractivity contribution in [3.8, 4) is 0 Å². The largest absolute Gasteiger partial charge is 0.480 e. The number of rotatable bonds is 7. The van der Waals surface area contributed by atoms with E-state index in [9.17, 15) is 27.6 Å². The summed E-state index contributed by atoms with van der Waals surface area (Å²) >= 11 is 0. The minimum absolute atomic E-state index is 0.0587. The highest BCUT2D eigenvalue weighted by molar-refractivity contribution is 5.94. The molecule has 1 unspecified atom stereocenters. The Bertz CT molecular complexity index is 387. The van der Waals surface area contributed by atoms with E-state index in [2.05, 4.69) is 0 Å². The van der Waals surface area contributed by atoms with Gasteiger partial charge in [-0.25, -0.2) is 4.79 Å². The number of nitrogens with zero attached hydrogens (tertiary/aromatic N) is 1. The molecule has 0 saturated carbocycles. The molecule has 21 heavy (non-hydrogen) atoms. The van der Waals surface area contributed by atoms with Gasteiger partial charge in [0.25, 0.3) is 0 Å². The number of hydrogen-bond acceptors (Lipinski definition) is 4. The molecule has 0 bridgehead atoms. The number of nitrogens with one attached hydrogen (secondary N) is 2. The Hall–Kier alpha value is -1.84. The quantitative estimate of drug-likeness (QED) is 0.638. The summed E-state index contributed by atoms with van der Waals surface area (Å²) in [6.45, 7) is 0.187. The van der Waals surface area contributed by atoms with E-state index in [-0.39, 0.29) is 13.0 Å². The van der Waals surface area contributed by atoms with Gasteiger partial charge in [0.1, 0.15) is 12.6 Å². The molecule has 122 valence electrons. The van der Waals surface area contributed by atoms with Crippen LogP contribution in [0.2, 0.25) is 0 Å². The summed E-state index contributed by atoms with van der Waals surface area (Å²) in [5.41, 5.74) is 0. The zero-order valence-corrected chi connectivity index (χ0v) is 11.7. The van der Waals surface area contributed by atoms with Crippen molar-refractivity contribution in [1.82, 2.24) is 15.5 Å². The Morgan fingerprint density at radius 1 is 1.29 bits per heavy atom. The fraction of sp³-hybridized carbons (Fsp3) is 0.727. The normalized spacial score (nSPS) is 12.9. The zero-order chi connectivity index (χ0) is 16.6. The Morgan fingerprint density at radius 3 is 2.29 bits per heavy atom. The topological polar surface area (TPSA) is 98.7 Å². The third kappa shape index (κ3) is 8.84. The summed E-state index contributed by atoms with van der Waals surface area (Å²) in [4.78, 5) is 34.6. The number of carboxylic acids is 1. The third-order valence-corrected chi connectivity index (χ3v) is 2.60. The van der Waals surface area contributed by atoms with Crippen LogP contribution in [0, 0.1) is 0 Å². The van der Waals surface area contributed by atoms with Gasteiger partial charge in [-0.2, -0.15) is 13.2 Å². The predicted molar refractivity (Wildman–Crippen MR) is 66.6 cm³/mol. The monoisotopic (exact) mass is 313 g/mol. The number of amides is 3. The molecule has 0 heterocycles. The van der Waals surface area contributed by atoms with Crippen LogP contribution in [0.4, 0.5) is 18.0 Å². The van der Waals surface area contributed by atoms with E-state index in [1.807, 2.05) is 0 Å². The van der Waals surface area contributed by atoms with Crippen molar-refractivity contribution in [3.63, 3.8) is 0 Å². The van der Waals surface area contributed by atoms with Gasteiger partial charge in [-0.3, -0.25) is 19.8 Å². The average molecular weight is 313 g/mol. The first-order valence-electron chi connectivity index (χ1n) is 6.14. The Kier molecular flexibility index (Phi) is 7.71. The average Bonchev–Trinajstić information content (AvgIpc) is 2.33. The van der Waals surface area contributed by atoms with Crippen molar-refractivity contribution in [3.05, 3.63) is 0 Å². The highest BCUT2D eigenvalue weighted by Gasteiger charge is 2.28. The maximum Gasteiger partial charge on any atom is 0.405 e. The number of hydrogen-bond donors (Lipinski definition) is 3. The molecule has 0 fully saturated rings. The number of alkyl halides is 3. The van der Waals surface area contributed by atoms with Crippen LogP contribution in [0.1, 0.15) is 19.8 Å². The molecule has 0 aliphatic heterocycles. The lowest BCUT2D eigenvalue weighted by molar-refractivity contribution is -0.143. The zero-order valence-electron chi connectivity index (χ0n) is 11.7. The van der Waals surface area contributed by atoms with Crippen LogP contribution in [0.3, 0.4) is 0 Å². The molecule has 0 aromatic rings. The number of carbonyl (C=O) groups is 3. The van der Waals surface area contributed by atoms with Gasteiger partial charge in [0.2, 0.25) is 5.91 Å². The molecule has 0 aromatic heterocycles. The number of carbonyl (C=O) groups excluding carboxylic acids is 2. The van der Waals surface area contributed by atoms with Gasteiger partial charge in [0.05, 0.1) is 0 Å². The summed E-state index contributed by atoms with van der Waals surface area (Å²) in [6.07, 6.45) is -4.43.